The summed E-state index contributed by atoms with van der Waals surface area (Å²) in [4.78, 5) is 11.2. The van der Waals surface area contributed by atoms with E-state index in [2.05, 4.69) is 5.32 Å². The van der Waals surface area contributed by atoms with Gasteiger partial charge in [-0.3, -0.25) is 0 Å². The molecule has 8 nitrogen and oxygen atoms in total. The molecule has 0 saturated heterocycles. The summed E-state index contributed by atoms with van der Waals surface area (Å²) in [6.07, 6.45) is -1.50. The maximum atomic E-state index is 12.2. The lowest BCUT2D eigenvalue weighted by molar-refractivity contribution is 0.122. The summed E-state index contributed by atoms with van der Waals surface area (Å²) in [7, 11) is -0.962. The number of rotatable bonds is 8. The first-order valence-corrected chi connectivity index (χ1v) is 7.66. The molecule has 2 N–H and O–H groups in total. The first kappa shape index (κ1) is 19.1. The molecule has 1 amide bonds. The first-order chi connectivity index (χ1) is 9.05. The van der Waals surface area contributed by atoms with Gasteiger partial charge in [-0.05, 0) is 27.8 Å². The average Bonchev–Trinajstić information content (AvgIpc) is 2.25. The zero-order valence-corrected chi connectivity index (χ0v) is 13.5. The summed E-state index contributed by atoms with van der Waals surface area (Å²) in [5.74, 6) is 0. The molecule has 0 bridgehead atoms. The fourth-order valence-corrected chi connectivity index (χ4v) is 2.93. The zero-order chi connectivity index (χ0) is 16.0. The SMILES string of the molecule is CNCCOCCN(C)S(=O)(=O)N(C(=O)O)C(C)(C)C. The third kappa shape index (κ3) is 5.61. The topological polar surface area (TPSA) is 99.2 Å². The lowest BCUT2D eigenvalue weighted by Gasteiger charge is -2.34. The Hall–Kier alpha value is -0.900. The third-order valence-electron chi connectivity index (χ3n) is 2.45. The number of likely N-dealkylation sites (N-methyl/N-ethyl adjacent to an activating group) is 2. The minimum atomic E-state index is -4.08. The van der Waals surface area contributed by atoms with Crippen LogP contribution in [0.1, 0.15) is 20.8 Å². The van der Waals surface area contributed by atoms with Crippen LogP contribution in [0.4, 0.5) is 4.79 Å². The molecule has 0 unspecified atom stereocenters. The van der Waals surface area contributed by atoms with Crippen molar-refractivity contribution in [3.63, 3.8) is 0 Å². The lowest BCUT2D eigenvalue weighted by Crippen LogP contribution is -2.54. The van der Waals surface area contributed by atoms with Gasteiger partial charge in [-0.1, -0.05) is 0 Å². The fourth-order valence-electron chi connectivity index (χ4n) is 1.46. The van der Waals surface area contributed by atoms with Crippen LogP contribution in [0.3, 0.4) is 0 Å². The van der Waals surface area contributed by atoms with Crippen LogP contribution in [0.2, 0.25) is 0 Å². The van der Waals surface area contributed by atoms with E-state index >= 15 is 0 Å². The smallest absolute Gasteiger partial charge is 0.422 e. The minimum absolute atomic E-state index is 0.0892. The fraction of sp³-hybridized carbons (Fsp3) is 0.909. The summed E-state index contributed by atoms with van der Waals surface area (Å²) < 4.78 is 31.1. The molecule has 0 aromatic heterocycles. The van der Waals surface area contributed by atoms with E-state index in [9.17, 15) is 13.2 Å². The highest BCUT2D eigenvalue weighted by Gasteiger charge is 2.39. The van der Waals surface area contributed by atoms with Crippen LogP contribution in [-0.2, 0) is 14.9 Å². The highest BCUT2D eigenvalue weighted by Crippen LogP contribution is 2.20. The van der Waals surface area contributed by atoms with E-state index in [1.54, 1.807) is 7.05 Å². The maximum absolute atomic E-state index is 12.2. The molecule has 0 aliphatic rings. The van der Waals surface area contributed by atoms with Crippen molar-refractivity contribution in [1.29, 1.82) is 0 Å². The van der Waals surface area contributed by atoms with E-state index in [-0.39, 0.29) is 13.2 Å². The Morgan fingerprint density at radius 3 is 2.25 bits per heavy atom. The van der Waals surface area contributed by atoms with Gasteiger partial charge in [-0.2, -0.15) is 17.0 Å². The maximum Gasteiger partial charge on any atom is 0.422 e. The number of amides is 1. The Balaban J connectivity index is 4.72. The monoisotopic (exact) mass is 311 g/mol. The van der Waals surface area contributed by atoms with Gasteiger partial charge in [-0.25, -0.2) is 4.79 Å². The highest BCUT2D eigenvalue weighted by atomic mass is 32.2. The Morgan fingerprint density at radius 1 is 1.30 bits per heavy atom. The van der Waals surface area contributed by atoms with Gasteiger partial charge < -0.3 is 15.2 Å². The molecule has 0 aliphatic heterocycles. The van der Waals surface area contributed by atoms with Crippen molar-refractivity contribution in [1.82, 2.24) is 13.9 Å². The molecule has 0 radical (unpaired) electrons. The summed E-state index contributed by atoms with van der Waals surface area (Å²) in [6, 6.07) is 0. The molecule has 0 aliphatic carbocycles. The molecule has 0 aromatic rings. The van der Waals surface area contributed by atoms with Gasteiger partial charge in [0.05, 0.1) is 18.8 Å². The normalized spacial score (nSPS) is 12.7. The van der Waals surface area contributed by atoms with Crippen LogP contribution in [0.5, 0.6) is 0 Å². The Labute approximate surface area is 120 Å². The van der Waals surface area contributed by atoms with Crippen LogP contribution in [0.15, 0.2) is 0 Å². The number of carbonyl (C=O) groups is 1. The summed E-state index contributed by atoms with van der Waals surface area (Å²) >= 11 is 0. The summed E-state index contributed by atoms with van der Waals surface area (Å²) in [6.45, 7) is 5.99. The molecule has 0 aromatic carbocycles. The van der Waals surface area contributed by atoms with E-state index in [0.717, 1.165) is 4.31 Å². The second-order valence-electron chi connectivity index (χ2n) is 5.26. The third-order valence-corrected chi connectivity index (χ3v) is 4.59. The van der Waals surface area contributed by atoms with E-state index in [0.29, 0.717) is 17.5 Å². The van der Waals surface area contributed by atoms with Crippen molar-refractivity contribution in [2.45, 2.75) is 26.3 Å². The summed E-state index contributed by atoms with van der Waals surface area (Å²) in [5.41, 5.74) is -1.05. The quantitative estimate of drug-likeness (QED) is 0.620. The van der Waals surface area contributed by atoms with Gasteiger partial charge in [0.2, 0.25) is 0 Å². The van der Waals surface area contributed by atoms with Crippen LogP contribution in [0.25, 0.3) is 0 Å². The number of hydrogen-bond donors (Lipinski definition) is 2. The van der Waals surface area contributed by atoms with Crippen molar-refractivity contribution < 1.29 is 23.1 Å². The van der Waals surface area contributed by atoms with E-state index < -0.39 is 21.8 Å². The number of nitrogens with zero attached hydrogens (tertiary/aromatic N) is 2. The molecule has 20 heavy (non-hydrogen) atoms. The van der Waals surface area contributed by atoms with E-state index in [1.807, 2.05) is 0 Å². The molecule has 0 rings (SSSR count). The van der Waals surface area contributed by atoms with Crippen molar-refractivity contribution >= 4 is 16.3 Å². The van der Waals surface area contributed by atoms with Crippen molar-refractivity contribution in [2.24, 2.45) is 0 Å². The Bertz CT molecular complexity index is 405. The van der Waals surface area contributed by atoms with E-state index in [4.69, 9.17) is 9.84 Å². The van der Waals surface area contributed by atoms with Crippen molar-refractivity contribution in [3.8, 4) is 0 Å². The molecule has 9 heteroatoms. The van der Waals surface area contributed by atoms with Gasteiger partial charge in [0.1, 0.15) is 0 Å². The number of carboxylic acid groups (broad SMARTS) is 1. The number of ether oxygens (including phenoxy) is 1. The van der Waals surface area contributed by atoms with Crippen molar-refractivity contribution in [3.05, 3.63) is 0 Å². The zero-order valence-electron chi connectivity index (χ0n) is 12.7. The second-order valence-corrected chi connectivity index (χ2v) is 7.15. The molecular weight excluding hydrogens is 286 g/mol. The Morgan fingerprint density at radius 2 is 1.85 bits per heavy atom. The van der Waals surface area contributed by atoms with Crippen LogP contribution in [0, 0.1) is 0 Å². The van der Waals surface area contributed by atoms with Gasteiger partial charge in [0.25, 0.3) is 0 Å². The number of hydrogen-bond acceptors (Lipinski definition) is 5. The standard InChI is InChI=1S/C11H25N3O5S/c1-11(2,3)14(10(15)16)20(17,18)13(5)7-9-19-8-6-12-4/h12H,6-9H2,1-5H3,(H,15,16). The van der Waals surface area contributed by atoms with Gasteiger partial charge >= 0.3 is 16.3 Å². The van der Waals surface area contributed by atoms with Gasteiger partial charge in [0, 0.05) is 20.1 Å². The molecule has 0 heterocycles. The highest BCUT2D eigenvalue weighted by molar-refractivity contribution is 7.87. The van der Waals surface area contributed by atoms with Crippen molar-refractivity contribution in [2.75, 3.05) is 40.4 Å². The molecule has 120 valence electrons. The average molecular weight is 311 g/mol. The van der Waals surface area contributed by atoms with E-state index in [1.165, 1.54) is 27.8 Å². The van der Waals surface area contributed by atoms with Gasteiger partial charge in [-0.15, -0.1) is 0 Å². The largest absolute Gasteiger partial charge is 0.464 e. The van der Waals surface area contributed by atoms with Crippen LogP contribution < -0.4 is 5.32 Å². The first-order valence-electron chi connectivity index (χ1n) is 6.27. The van der Waals surface area contributed by atoms with Gasteiger partial charge in [0.15, 0.2) is 0 Å². The van der Waals surface area contributed by atoms with Crippen LogP contribution >= 0.6 is 0 Å². The lowest BCUT2D eigenvalue weighted by atomic mass is 10.1. The Kier molecular flexibility index (Phi) is 7.42. The molecule has 0 saturated carbocycles. The molecule has 0 fully saturated rings. The predicted octanol–water partition coefficient (Wildman–Crippen LogP) is 0.178. The second kappa shape index (κ2) is 7.77. The van der Waals surface area contributed by atoms with Crippen LogP contribution in [-0.4, -0.2) is 74.2 Å². The number of nitrogens with one attached hydrogen (secondary N) is 1. The molecule has 0 atom stereocenters. The molecule has 0 spiro atoms. The predicted molar refractivity (Wildman–Crippen MR) is 75.9 cm³/mol. The molecular formula is C11H25N3O5S. The minimum Gasteiger partial charge on any atom is -0.464 e. The summed E-state index contributed by atoms with van der Waals surface area (Å²) in [5, 5.41) is 12.0.